The quantitative estimate of drug-likeness (QED) is 0.494. The number of fused-ring (bicyclic) bond motifs is 1. The summed E-state index contributed by atoms with van der Waals surface area (Å²) >= 11 is 7.02. The molecule has 6 nitrogen and oxygen atoms in total. The van der Waals surface area contributed by atoms with Crippen LogP contribution in [0.5, 0.6) is 11.8 Å². The Labute approximate surface area is 141 Å². The van der Waals surface area contributed by atoms with Crippen LogP contribution in [0.2, 0.25) is 5.15 Å². The first kappa shape index (κ1) is 16.5. The highest BCUT2D eigenvalue weighted by Gasteiger charge is 2.22. The summed E-state index contributed by atoms with van der Waals surface area (Å²) in [4.78, 5) is 11.9. The number of ether oxygens (including phenoxy) is 1. The van der Waals surface area contributed by atoms with Crippen LogP contribution in [0, 0.1) is 5.82 Å². The summed E-state index contributed by atoms with van der Waals surface area (Å²) in [6.07, 6.45) is 5.00. The lowest BCUT2D eigenvalue weighted by Gasteiger charge is -2.23. The maximum Gasteiger partial charge on any atom is 0.230 e. The van der Waals surface area contributed by atoms with Gasteiger partial charge in [-0.05, 0) is 25.6 Å². The Morgan fingerprint density at radius 2 is 2.22 bits per heavy atom. The smallest absolute Gasteiger partial charge is 0.230 e. The first-order valence-corrected chi connectivity index (χ1v) is 8.86. The van der Waals surface area contributed by atoms with Crippen molar-refractivity contribution in [1.82, 2.24) is 20.3 Å². The van der Waals surface area contributed by atoms with Gasteiger partial charge in [0.2, 0.25) is 11.8 Å². The molecular weight excluding hydrogens is 343 g/mol. The molecule has 0 amide bonds. The van der Waals surface area contributed by atoms with Crippen LogP contribution in [0.15, 0.2) is 5.16 Å². The van der Waals surface area contributed by atoms with Gasteiger partial charge in [0.25, 0.3) is 0 Å². The first-order valence-electron chi connectivity index (χ1n) is 7.26. The molecule has 0 saturated carbocycles. The van der Waals surface area contributed by atoms with Gasteiger partial charge in [-0.15, -0.1) is 0 Å². The molecule has 0 spiro atoms. The zero-order chi connectivity index (χ0) is 16.4. The van der Waals surface area contributed by atoms with E-state index in [0.717, 1.165) is 25.8 Å². The lowest BCUT2D eigenvalue weighted by atomic mass is 10.1. The summed E-state index contributed by atoms with van der Waals surface area (Å²) in [6.45, 7) is 1.30. The van der Waals surface area contributed by atoms with Gasteiger partial charge >= 0.3 is 0 Å². The second kappa shape index (κ2) is 7.02. The number of thioether (sulfide) groups is 1. The summed E-state index contributed by atoms with van der Waals surface area (Å²) in [6, 6.07) is 0.193. The molecule has 124 valence electrons. The number of hydrogen-bond donors (Lipinski definition) is 2. The first-order chi connectivity index (χ1) is 11.1. The molecule has 1 saturated heterocycles. The Hall–Kier alpha value is -1.38. The van der Waals surface area contributed by atoms with Crippen molar-refractivity contribution in [3.63, 3.8) is 0 Å². The number of aromatic nitrogens is 3. The molecule has 0 aromatic carbocycles. The van der Waals surface area contributed by atoms with E-state index in [2.05, 4.69) is 20.3 Å². The summed E-state index contributed by atoms with van der Waals surface area (Å²) in [5, 5.41) is 13.4. The van der Waals surface area contributed by atoms with Crippen molar-refractivity contribution >= 4 is 34.3 Å². The lowest BCUT2D eigenvalue weighted by molar-refractivity contribution is 0.233. The zero-order valence-corrected chi connectivity index (χ0v) is 14.0. The van der Waals surface area contributed by atoms with E-state index in [1.807, 2.05) is 0 Å². The van der Waals surface area contributed by atoms with Gasteiger partial charge in [-0.3, -0.25) is 0 Å². The van der Waals surface area contributed by atoms with Crippen LogP contribution in [-0.2, 0) is 0 Å². The van der Waals surface area contributed by atoms with Crippen molar-refractivity contribution in [2.45, 2.75) is 30.5 Å². The van der Waals surface area contributed by atoms with Gasteiger partial charge in [-0.25, -0.2) is 9.37 Å². The number of piperidine rings is 1. The van der Waals surface area contributed by atoms with Crippen molar-refractivity contribution < 1.29 is 14.2 Å². The topological polar surface area (TPSA) is 80.2 Å². The fourth-order valence-corrected chi connectivity index (χ4v) is 3.04. The van der Waals surface area contributed by atoms with E-state index in [-0.39, 0.29) is 39.0 Å². The third kappa shape index (κ3) is 3.44. The fourth-order valence-electron chi connectivity index (χ4n) is 2.52. The zero-order valence-electron chi connectivity index (χ0n) is 12.5. The Kier molecular flexibility index (Phi) is 5.03. The second-order valence-electron chi connectivity index (χ2n) is 5.24. The van der Waals surface area contributed by atoms with E-state index in [9.17, 15) is 9.50 Å². The van der Waals surface area contributed by atoms with Crippen molar-refractivity contribution in [3.8, 4) is 11.8 Å². The molecule has 3 rings (SSSR count). The summed E-state index contributed by atoms with van der Waals surface area (Å²) in [5.74, 6) is -1.12. The molecule has 0 radical (unpaired) electrons. The monoisotopic (exact) mass is 358 g/mol. The molecule has 2 N–H and O–H groups in total. The van der Waals surface area contributed by atoms with Crippen LogP contribution in [0.25, 0.3) is 10.9 Å². The van der Waals surface area contributed by atoms with Crippen LogP contribution in [0.1, 0.15) is 19.3 Å². The minimum Gasteiger partial charge on any atom is -0.493 e. The molecule has 0 aliphatic carbocycles. The van der Waals surface area contributed by atoms with Gasteiger partial charge < -0.3 is 15.2 Å². The van der Waals surface area contributed by atoms with Crippen LogP contribution in [-0.4, -0.2) is 45.5 Å². The van der Waals surface area contributed by atoms with Gasteiger partial charge in [-0.2, -0.15) is 9.97 Å². The van der Waals surface area contributed by atoms with Gasteiger partial charge in [0, 0.05) is 6.04 Å². The minimum absolute atomic E-state index is 0.0421. The van der Waals surface area contributed by atoms with E-state index >= 15 is 0 Å². The standard InChI is InChI=1S/C14H16ClFN4O2S/c1-23-14-18-10-8(12(21)20-14)13(19-11(15)9(10)16)22-6-7-4-2-3-5-17-7/h7,17H,2-6H2,1H3,(H,18,20,21)/t7-/m0/s1. The third-order valence-electron chi connectivity index (χ3n) is 3.69. The van der Waals surface area contributed by atoms with Crippen molar-refractivity contribution in [2.24, 2.45) is 0 Å². The Morgan fingerprint density at radius 3 is 2.91 bits per heavy atom. The highest BCUT2D eigenvalue weighted by atomic mass is 35.5. The maximum atomic E-state index is 14.2. The van der Waals surface area contributed by atoms with Crippen LogP contribution >= 0.6 is 23.4 Å². The van der Waals surface area contributed by atoms with Gasteiger partial charge in [0.05, 0.1) is 0 Å². The van der Waals surface area contributed by atoms with E-state index < -0.39 is 5.82 Å². The van der Waals surface area contributed by atoms with E-state index in [1.165, 1.54) is 11.8 Å². The highest BCUT2D eigenvalue weighted by molar-refractivity contribution is 7.98. The Balaban J connectivity index is 1.97. The molecule has 2 aromatic rings. The second-order valence-corrected chi connectivity index (χ2v) is 6.37. The average Bonchev–Trinajstić information content (AvgIpc) is 2.57. The Bertz CT molecular complexity index is 728. The molecule has 1 aliphatic heterocycles. The minimum atomic E-state index is -0.794. The lowest BCUT2D eigenvalue weighted by Crippen LogP contribution is -2.38. The normalized spacial score (nSPS) is 18.3. The summed E-state index contributed by atoms with van der Waals surface area (Å²) in [5.41, 5.74) is -0.0894. The van der Waals surface area contributed by atoms with Crippen LogP contribution in [0.3, 0.4) is 0 Å². The average molecular weight is 359 g/mol. The molecular formula is C14H16ClFN4O2S. The van der Waals surface area contributed by atoms with Gasteiger partial charge in [0.15, 0.2) is 16.1 Å². The molecule has 0 unspecified atom stereocenters. The predicted octanol–water partition coefficient (Wildman–Crippen LogP) is 2.77. The molecule has 1 atom stereocenters. The summed E-state index contributed by atoms with van der Waals surface area (Å²) < 4.78 is 19.9. The number of rotatable bonds is 4. The molecule has 3 heterocycles. The third-order valence-corrected chi connectivity index (χ3v) is 4.49. The molecule has 1 aliphatic rings. The van der Waals surface area contributed by atoms with Crippen molar-refractivity contribution in [3.05, 3.63) is 11.0 Å². The SMILES string of the molecule is CSc1nc(O)c2c(OC[C@@H]3CCCCN3)nc(Cl)c(F)c2n1. The number of hydrogen-bond acceptors (Lipinski definition) is 7. The number of nitrogens with zero attached hydrogens (tertiary/aromatic N) is 3. The van der Waals surface area contributed by atoms with E-state index in [4.69, 9.17) is 16.3 Å². The Morgan fingerprint density at radius 1 is 1.39 bits per heavy atom. The van der Waals surface area contributed by atoms with Crippen LogP contribution < -0.4 is 10.1 Å². The highest BCUT2D eigenvalue weighted by Crippen LogP contribution is 2.35. The molecule has 1 fully saturated rings. The van der Waals surface area contributed by atoms with Crippen molar-refractivity contribution in [1.29, 1.82) is 0 Å². The van der Waals surface area contributed by atoms with E-state index in [0.29, 0.717) is 6.61 Å². The largest absolute Gasteiger partial charge is 0.493 e. The number of pyridine rings is 1. The predicted molar refractivity (Wildman–Crippen MR) is 86.9 cm³/mol. The number of halogens is 2. The maximum absolute atomic E-state index is 14.2. The molecule has 23 heavy (non-hydrogen) atoms. The van der Waals surface area contributed by atoms with Crippen LogP contribution in [0.4, 0.5) is 4.39 Å². The van der Waals surface area contributed by atoms with Gasteiger partial charge in [0.1, 0.15) is 17.5 Å². The molecule has 2 aromatic heterocycles. The number of aromatic hydroxyl groups is 1. The number of nitrogens with one attached hydrogen (secondary N) is 1. The van der Waals surface area contributed by atoms with E-state index in [1.54, 1.807) is 6.26 Å². The molecule has 9 heteroatoms. The fraction of sp³-hybridized carbons (Fsp3) is 0.500. The molecule has 0 bridgehead atoms. The van der Waals surface area contributed by atoms with Crippen molar-refractivity contribution in [2.75, 3.05) is 19.4 Å². The summed E-state index contributed by atoms with van der Waals surface area (Å²) in [7, 11) is 0. The van der Waals surface area contributed by atoms with Gasteiger partial charge in [-0.1, -0.05) is 29.8 Å².